The van der Waals surface area contributed by atoms with Crippen molar-refractivity contribution in [1.29, 1.82) is 0 Å². The second-order valence-corrected chi connectivity index (χ2v) is 20.2. The molecule has 4 fully saturated rings. The summed E-state index contributed by atoms with van der Waals surface area (Å²) in [7, 11) is 7.33. The van der Waals surface area contributed by atoms with Crippen molar-refractivity contribution in [2.45, 2.75) is 43.7 Å². The first kappa shape index (κ1) is 52.7. The Labute approximate surface area is 455 Å². The second kappa shape index (κ2) is 22.6. The molecule has 26 heteroatoms. The molecule has 0 bridgehead atoms. The average molecular weight is 1110 g/mol. The van der Waals surface area contributed by atoms with E-state index in [1.165, 1.54) is 37.0 Å². The van der Waals surface area contributed by atoms with E-state index in [2.05, 4.69) is 56.5 Å². The van der Waals surface area contributed by atoms with Crippen LogP contribution in [0.1, 0.15) is 19.3 Å². The first-order chi connectivity index (χ1) is 37.9. The Morgan fingerprint density at radius 3 is 1.54 bits per heavy atom. The molecule has 408 valence electrons. The van der Waals surface area contributed by atoms with Gasteiger partial charge in [-0.25, -0.2) is 18.7 Å². The van der Waals surface area contributed by atoms with E-state index in [0.717, 1.165) is 43.7 Å². The van der Waals surface area contributed by atoms with Gasteiger partial charge < -0.3 is 43.1 Å². The maximum atomic E-state index is 14.6. The molecule has 0 radical (unpaired) electrons. The highest BCUT2D eigenvalue weighted by Gasteiger charge is 2.36. The van der Waals surface area contributed by atoms with Gasteiger partial charge in [-0.1, -0.05) is 29.8 Å². The Morgan fingerprint density at radius 2 is 1.09 bits per heavy atom. The number of halogens is 4. The Morgan fingerprint density at radius 1 is 0.641 bits per heavy atom. The number of nitrogens with one attached hydrogen (secondary N) is 2. The molecular formula is C52H55Cl2F2N15O7. The van der Waals surface area contributed by atoms with E-state index in [0.29, 0.717) is 89.9 Å². The fourth-order valence-corrected chi connectivity index (χ4v) is 10.7. The molecule has 2 N–H and O–H groups in total. The molecule has 0 unspecified atom stereocenters. The van der Waals surface area contributed by atoms with Crippen LogP contribution < -0.4 is 28.7 Å². The Balaban J connectivity index is 0.000000166. The minimum absolute atomic E-state index is 0.0615. The molecule has 2 aromatic carbocycles. The Kier molecular flexibility index (Phi) is 15.2. The molecule has 22 nitrogen and oxygen atoms in total. The minimum atomic E-state index is -0.666. The molecular weight excluding hydrogens is 1060 g/mol. The monoisotopic (exact) mass is 1110 g/mol. The van der Waals surface area contributed by atoms with Crippen LogP contribution in [-0.4, -0.2) is 189 Å². The van der Waals surface area contributed by atoms with Crippen LogP contribution in [0.25, 0.3) is 43.6 Å². The molecule has 1 amide bonds. The number of nitrogens with zero attached hydrogens (tertiary/aromatic N) is 13. The SMILES string of the molecule is C=CC(=O)N1CCN(c2nc(O[C@@H]3CN(C)C[C@H]3OC)nc3c(Oc4c(Cl)c(F)cc5[nH]ncc45)nccc23)CC1.CO[C@@H]1CN(C)C[C@H]1Oc1nc(N2CCCCC2)c2ccnc(Oc3c(Cl)c(F)cc4[nH]ncc34)c2n1. The molecule has 78 heavy (non-hydrogen) atoms. The Hall–Kier alpha value is -7.35. The lowest BCUT2D eigenvalue weighted by Gasteiger charge is -2.35. The number of hydrogen-bond donors (Lipinski definition) is 2. The first-order valence-corrected chi connectivity index (χ1v) is 26.1. The summed E-state index contributed by atoms with van der Waals surface area (Å²) in [5.41, 5.74) is 1.69. The van der Waals surface area contributed by atoms with Crippen LogP contribution in [0, 0.1) is 11.6 Å². The number of H-pyrrole nitrogens is 2. The fourth-order valence-electron chi connectivity index (χ4n) is 10.3. The average Bonchev–Trinajstić information content (AvgIpc) is 4.32. The lowest BCUT2D eigenvalue weighted by atomic mass is 10.1. The summed E-state index contributed by atoms with van der Waals surface area (Å²) in [6.07, 6.45) is 10.1. The zero-order valence-electron chi connectivity index (χ0n) is 43.1. The van der Waals surface area contributed by atoms with Crippen molar-refractivity contribution in [3.05, 3.63) is 83.4 Å². The number of benzene rings is 2. The zero-order chi connectivity index (χ0) is 54.2. The number of likely N-dealkylation sites (N-methyl/N-ethyl adjacent to an activating group) is 2. The molecule has 4 atom stereocenters. The molecule has 0 saturated carbocycles. The predicted octanol–water partition coefficient (Wildman–Crippen LogP) is 7.21. The predicted molar refractivity (Wildman–Crippen MR) is 287 cm³/mol. The third-order valence-electron chi connectivity index (χ3n) is 14.3. The number of piperidine rings is 1. The van der Waals surface area contributed by atoms with E-state index in [4.69, 9.17) is 71.6 Å². The van der Waals surface area contributed by atoms with Crippen molar-refractivity contribution in [3.63, 3.8) is 0 Å². The van der Waals surface area contributed by atoms with Gasteiger partial charge in [0.1, 0.15) is 68.8 Å². The molecule has 4 saturated heterocycles. The molecule has 4 aliphatic heterocycles. The number of fused-ring (bicyclic) bond motifs is 4. The van der Waals surface area contributed by atoms with E-state index in [1.807, 2.05) is 20.2 Å². The maximum Gasteiger partial charge on any atom is 0.319 e. The molecule has 0 aliphatic carbocycles. The third kappa shape index (κ3) is 10.5. The van der Waals surface area contributed by atoms with E-state index < -0.39 is 11.6 Å². The second-order valence-electron chi connectivity index (χ2n) is 19.4. The van der Waals surface area contributed by atoms with Crippen LogP contribution in [0.2, 0.25) is 10.0 Å². The van der Waals surface area contributed by atoms with Crippen LogP contribution in [-0.2, 0) is 14.3 Å². The lowest BCUT2D eigenvalue weighted by molar-refractivity contribution is -0.126. The molecule has 8 aromatic rings. The summed E-state index contributed by atoms with van der Waals surface area (Å²) >= 11 is 12.7. The third-order valence-corrected chi connectivity index (χ3v) is 15.0. The van der Waals surface area contributed by atoms with Gasteiger partial charge in [-0.15, -0.1) is 0 Å². The minimum Gasteiger partial charge on any atom is -0.456 e. The summed E-state index contributed by atoms with van der Waals surface area (Å²) in [5.74, 6) is 0.387. The van der Waals surface area contributed by atoms with Crippen molar-refractivity contribution >= 4 is 84.4 Å². The number of aromatic nitrogens is 10. The van der Waals surface area contributed by atoms with Gasteiger partial charge in [0.2, 0.25) is 17.7 Å². The zero-order valence-corrected chi connectivity index (χ0v) is 44.6. The number of rotatable bonds is 13. The standard InChI is InChI=1S/C27H28ClFN8O4.C25H27ClFN7O3/c1-4-21(38)36-7-9-37(10-8-36)25-15-5-6-30-26(41-24-16-12-31-34-18(16)11-17(29)22(24)28)23(15)32-27(33-25)40-20-14-35(2)13-19(20)39-3;1-33-12-18(35-2)19(13-33)36-25-30-21-14(23(31-25)34-8-4-3-5-9-34)6-7-28-24(21)37-22-15-11-29-32-17(15)10-16(27)20(22)26/h4-6,11-12,19-20H,1,7-10,13-14H2,2-3H3,(H,31,34);6-7,10-11,18-19H,3-5,8-9,12-13H2,1-2H3,(H,29,32)/t19-,20-;18-,19-/m11/s1. The maximum absolute atomic E-state index is 14.6. The van der Waals surface area contributed by atoms with Crippen LogP contribution in [0.15, 0.2) is 61.7 Å². The van der Waals surface area contributed by atoms with Crippen LogP contribution in [0.3, 0.4) is 0 Å². The van der Waals surface area contributed by atoms with Gasteiger partial charge in [0.15, 0.2) is 11.5 Å². The van der Waals surface area contributed by atoms with Crippen molar-refractivity contribution in [1.82, 2.24) is 65.0 Å². The fraction of sp³-hybridized carbons (Fsp3) is 0.404. The number of methoxy groups -OCH3 is 2. The summed E-state index contributed by atoms with van der Waals surface area (Å²) in [6.45, 7) is 10.2. The van der Waals surface area contributed by atoms with Gasteiger partial charge >= 0.3 is 12.0 Å². The van der Waals surface area contributed by atoms with Crippen LogP contribution in [0.4, 0.5) is 20.4 Å². The van der Waals surface area contributed by atoms with Crippen LogP contribution >= 0.6 is 23.2 Å². The number of pyridine rings is 2. The first-order valence-electron chi connectivity index (χ1n) is 25.4. The Bertz CT molecular complexity index is 3530. The van der Waals surface area contributed by atoms with Crippen molar-refractivity contribution in [3.8, 4) is 35.3 Å². The lowest BCUT2D eigenvalue weighted by Crippen LogP contribution is -2.48. The highest BCUT2D eigenvalue weighted by molar-refractivity contribution is 6.34. The van der Waals surface area contributed by atoms with Gasteiger partial charge in [-0.05, 0) is 51.6 Å². The van der Waals surface area contributed by atoms with Crippen LogP contribution in [0.5, 0.6) is 35.3 Å². The highest BCUT2D eigenvalue weighted by atomic mass is 35.5. The van der Waals surface area contributed by atoms with E-state index in [9.17, 15) is 13.6 Å². The topological polar surface area (TPSA) is 223 Å². The highest BCUT2D eigenvalue weighted by Crippen LogP contribution is 2.43. The number of likely N-dealkylation sites (tertiary alicyclic amines) is 2. The summed E-state index contributed by atoms with van der Waals surface area (Å²) in [6, 6.07) is 6.51. The molecule has 10 heterocycles. The smallest absolute Gasteiger partial charge is 0.319 e. The number of hydrogen-bond acceptors (Lipinski definition) is 19. The van der Waals surface area contributed by atoms with E-state index in [1.54, 1.807) is 37.6 Å². The molecule has 6 aromatic heterocycles. The van der Waals surface area contributed by atoms with Crippen molar-refractivity contribution < 1.29 is 42.0 Å². The van der Waals surface area contributed by atoms with Gasteiger partial charge in [-0.3, -0.25) is 24.8 Å². The number of ether oxygens (including phenoxy) is 6. The number of carbonyl (C=O) groups is 1. The van der Waals surface area contributed by atoms with Gasteiger partial charge in [0, 0.05) is 104 Å². The summed E-state index contributed by atoms with van der Waals surface area (Å²) < 4.78 is 65.4. The number of piperazine rings is 1. The quantitative estimate of drug-likeness (QED) is 0.109. The molecule has 0 spiro atoms. The largest absolute Gasteiger partial charge is 0.456 e. The van der Waals surface area contributed by atoms with Crippen molar-refractivity contribution in [2.75, 3.05) is 104 Å². The van der Waals surface area contributed by atoms with E-state index >= 15 is 0 Å². The molecule has 4 aliphatic rings. The van der Waals surface area contributed by atoms with Gasteiger partial charge in [0.25, 0.3) is 0 Å². The van der Waals surface area contributed by atoms with Gasteiger partial charge in [0.05, 0.1) is 45.0 Å². The number of amides is 1. The normalized spacial score (nSPS) is 20.2. The number of carbonyl (C=O) groups excluding carboxylic acids is 1. The van der Waals surface area contributed by atoms with Gasteiger partial charge in [-0.2, -0.15) is 30.1 Å². The summed E-state index contributed by atoms with van der Waals surface area (Å²) in [4.78, 5) is 50.4. The van der Waals surface area contributed by atoms with E-state index in [-0.39, 0.29) is 75.6 Å². The number of anilines is 2. The number of aromatic amines is 2. The summed E-state index contributed by atoms with van der Waals surface area (Å²) in [5, 5.41) is 15.5. The molecule has 12 rings (SSSR count). The van der Waals surface area contributed by atoms with Crippen molar-refractivity contribution in [2.24, 2.45) is 0 Å².